The molecule has 8 nitrogen and oxygen atoms in total. The molecule has 5 N–H and O–H groups in total. The molecule has 2 unspecified atom stereocenters. The van der Waals surface area contributed by atoms with Crippen LogP contribution in [0.2, 0.25) is 0 Å². The number of hydrogen-bond donors (Lipinski definition) is 2. The van der Waals surface area contributed by atoms with E-state index in [2.05, 4.69) is 10.3 Å². The number of allylic oxidation sites excluding steroid dienone is 3. The quantitative estimate of drug-likeness (QED) is 0.400. The van der Waals surface area contributed by atoms with E-state index < -0.39 is 36.7 Å². The number of carbonyl (C=O) groups is 1. The first-order valence-corrected chi connectivity index (χ1v) is 12.4. The smallest absolute Gasteiger partial charge is 0.411 e. The summed E-state index contributed by atoms with van der Waals surface area (Å²) in [4.78, 5) is 22.9. The minimum Gasteiger partial charge on any atom is -0.436 e. The number of primary amides is 1. The molecular formula is C27H30F4N5O3+. The Balaban J connectivity index is 1.74. The van der Waals surface area contributed by atoms with E-state index in [9.17, 15) is 22.4 Å². The Morgan fingerprint density at radius 1 is 1.31 bits per heavy atom. The molecule has 1 aliphatic heterocycles. The zero-order valence-electron chi connectivity index (χ0n) is 21.3. The number of rotatable bonds is 7. The molecule has 0 radical (unpaired) electrons. The molecule has 39 heavy (non-hydrogen) atoms. The second-order valence-corrected chi connectivity index (χ2v) is 9.34. The van der Waals surface area contributed by atoms with Gasteiger partial charge in [-0.25, -0.2) is 9.37 Å². The lowest BCUT2D eigenvalue weighted by atomic mass is 9.93. The number of ether oxygens (including phenoxy) is 1. The maximum absolute atomic E-state index is 13.7. The van der Waals surface area contributed by atoms with E-state index in [0.29, 0.717) is 47.6 Å². The third-order valence-electron chi connectivity index (χ3n) is 6.42. The molecule has 2 aromatic rings. The number of benzene rings is 1. The fourth-order valence-corrected chi connectivity index (χ4v) is 4.54. The average molecular weight is 549 g/mol. The van der Waals surface area contributed by atoms with E-state index in [1.54, 1.807) is 36.1 Å². The van der Waals surface area contributed by atoms with Crippen LogP contribution in [0.3, 0.4) is 0 Å². The Morgan fingerprint density at radius 2 is 2.10 bits per heavy atom. The predicted molar refractivity (Wildman–Crippen MR) is 138 cm³/mol. The van der Waals surface area contributed by atoms with Crippen LogP contribution in [0.15, 0.2) is 59.8 Å². The molecule has 12 heteroatoms. The summed E-state index contributed by atoms with van der Waals surface area (Å²) in [6.07, 6.45) is 1.40. The highest BCUT2D eigenvalue weighted by molar-refractivity contribution is 5.93. The van der Waals surface area contributed by atoms with Gasteiger partial charge in [-0.2, -0.15) is 18.2 Å². The summed E-state index contributed by atoms with van der Waals surface area (Å²) in [5.41, 5.74) is 7.74. The Morgan fingerprint density at radius 3 is 2.82 bits per heavy atom. The van der Waals surface area contributed by atoms with Gasteiger partial charge in [-0.1, -0.05) is 24.3 Å². The van der Waals surface area contributed by atoms with E-state index in [4.69, 9.17) is 20.6 Å². The third kappa shape index (κ3) is 7.21. The number of hydrogen-bond acceptors (Lipinski definition) is 6. The number of amides is 1. The van der Waals surface area contributed by atoms with E-state index >= 15 is 0 Å². The second kappa shape index (κ2) is 12.0. The molecule has 2 heterocycles. The third-order valence-corrected chi connectivity index (χ3v) is 6.42. The summed E-state index contributed by atoms with van der Waals surface area (Å²) >= 11 is 0. The van der Waals surface area contributed by atoms with Crippen molar-refractivity contribution in [2.24, 2.45) is 5.73 Å². The lowest BCUT2D eigenvalue weighted by Crippen LogP contribution is -2.29. The van der Waals surface area contributed by atoms with Gasteiger partial charge in [0.05, 0.1) is 11.3 Å². The van der Waals surface area contributed by atoms with E-state index in [1.807, 2.05) is 0 Å². The van der Waals surface area contributed by atoms with Crippen molar-refractivity contribution < 1.29 is 32.2 Å². The normalized spacial score (nSPS) is 23.3. The van der Waals surface area contributed by atoms with Crippen molar-refractivity contribution >= 4 is 17.7 Å². The molecule has 1 aromatic carbocycles. The van der Waals surface area contributed by atoms with Gasteiger partial charge >= 0.3 is 6.18 Å². The van der Waals surface area contributed by atoms with Gasteiger partial charge in [0.2, 0.25) is 12.1 Å². The van der Waals surface area contributed by atoms with Gasteiger partial charge in [0, 0.05) is 30.4 Å². The van der Waals surface area contributed by atoms with Crippen LogP contribution in [-0.4, -0.2) is 46.4 Å². The van der Waals surface area contributed by atoms with Crippen LogP contribution in [0.4, 0.5) is 29.3 Å². The molecule has 0 saturated carbocycles. The van der Waals surface area contributed by atoms with Crippen molar-refractivity contribution in [1.29, 1.82) is 0 Å². The highest BCUT2D eigenvalue weighted by Crippen LogP contribution is 2.37. The van der Waals surface area contributed by atoms with Crippen LogP contribution in [0.25, 0.3) is 0 Å². The van der Waals surface area contributed by atoms with Gasteiger partial charge in [0.1, 0.15) is 24.3 Å². The molecule has 1 aliphatic carbocycles. The van der Waals surface area contributed by atoms with Crippen molar-refractivity contribution in [3.8, 4) is 0 Å². The Kier molecular flexibility index (Phi) is 8.66. The van der Waals surface area contributed by atoms with Crippen molar-refractivity contribution in [2.45, 2.75) is 51.1 Å². The molecule has 1 aromatic heterocycles. The summed E-state index contributed by atoms with van der Waals surface area (Å²) < 4.78 is 58.0. The molecular weight excluding hydrogens is 518 g/mol. The summed E-state index contributed by atoms with van der Waals surface area (Å²) in [5, 5.41) is 11.6. The van der Waals surface area contributed by atoms with Gasteiger partial charge in [0.15, 0.2) is 0 Å². The monoisotopic (exact) mass is 548 g/mol. The maximum atomic E-state index is 13.7. The van der Waals surface area contributed by atoms with Gasteiger partial charge in [-0.05, 0) is 50.0 Å². The van der Waals surface area contributed by atoms with Gasteiger partial charge < -0.3 is 25.8 Å². The first-order chi connectivity index (χ1) is 18.5. The standard InChI is InChI=1S/C27H29F4N5O3/c1-16-12-21(37)19(24(32)38)8-2-3-11-36(16)26-34-23-20(9-5-10-22(23)39-15-27(29,30)31)25(35-26)33-14-17-6-4-7-18(28)13-17/h2-4,6-8,12-13,21-22,37H,5,9-11,14-15H2,1H3,(H2,32,38)(H,33,34,35)/p+1/b3-2-,16-12-,19-8+. The van der Waals surface area contributed by atoms with Crippen LogP contribution >= 0.6 is 0 Å². The summed E-state index contributed by atoms with van der Waals surface area (Å²) in [7, 11) is 0. The fraction of sp³-hybridized carbons (Fsp3) is 0.370. The van der Waals surface area contributed by atoms with Crippen LogP contribution < -0.4 is 16.0 Å². The topological polar surface area (TPSA) is 116 Å². The van der Waals surface area contributed by atoms with Crippen LogP contribution in [-0.2, 0) is 22.5 Å². The Bertz CT molecular complexity index is 1310. The van der Waals surface area contributed by atoms with Crippen LogP contribution in [0.1, 0.15) is 42.7 Å². The summed E-state index contributed by atoms with van der Waals surface area (Å²) in [5.74, 6) is -0.505. The molecule has 0 fully saturated rings. The molecule has 0 spiro atoms. The second-order valence-electron chi connectivity index (χ2n) is 9.34. The van der Waals surface area contributed by atoms with Gasteiger partial charge in [-0.3, -0.25) is 4.79 Å². The van der Waals surface area contributed by atoms with Crippen LogP contribution in [0.5, 0.6) is 0 Å². The minimum atomic E-state index is -4.49. The fourth-order valence-electron chi connectivity index (χ4n) is 4.54. The zero-order chi connectivity index (χ0) is 28.2. The highest BCUT2D eigenvalue weighted by Gasteiger charge is 2.34. The molecule has 2 aliphatic rings. The SMILES string of the molecule is C/C1=C/C([OH2+])/C(C(N)=O)=C\C=C/CN1c1nc(NCc2cccc(F)c2)c2c(n1)C(OCC(F)(F)F)CCC2. The lowest BCUT2D eigenvalue weighted by Gasteiger charge is -2.30. The molecule has 208 valence electrons. The summed E-state index contributed by atoms with van der Waals surface area (Å²) in [6.45, 7) is 0.799. The first kappa shape index (κ1) is 28.2. The number of carbonyl (C=O) groups excluding carboxylic acids is 1. The maximum Gasteiger partial charge on any atom is 0.411 e. The van der Waals surface area contributed by atoms with Crippen molar-refractivity contribution in [3.63, 3.8) is 0 Å². The van der Waals surface area contributed by atoms with Crippen LogP contribution in [0, 0.1) is 5.82 Å². The molecule has 1 amide bonds. The minimum absolute atomic E-state index is 0.108. The number of nitrogens with two attached hydrogens (primary N) is 1. The van der Waals surface area contributed by atoms with Crippen molar-refractivity contribution in [2.75, 3.05) is 23.4 Å². The number of fused-ring (bicyclic) bond motifs is 1. The number of alkyl halides is 3. The van der Waals surface area contributed by atoms with Gasteiger partial charge in [0.25, 0.3) is 5.91 Å². The number of anilines is 2. The van der Waals surface area contributed by atoms with E-state index in [1.165, 1.54) is 24.3 Å². The summed E-state index contributed by atoms with van der Waals surface area (Å²) in [6, 6.07) is 6.05. The number of halogens is 4. The lowest BCUT2D eigenvalue weighted by molar-refractivity contribution is -0.187. The number of nitrogens with one attached hydrogen (secondary N) is 1. The molecule has 0 bridgehead atoms. The Hall–Kier alpha value is -3.77. The zero-order valence-corrected chi connectivity index (χ0v) is 21.3. The van der Waals surface area contributed by atoms with Crippen molar-refractivity contribution in [3.05, 3.63) is 82.5 Å². The number of nitrogens with zero attached hydrogens (tertiary/aromatic N) is 3. The molecule has 4 rings (SSSR count). The van der Waals surface area contributed by atoms with Crippen molar-refractivity contribution in [1.82, 2.24) is 9.97 Å². The largest absolute Gasteiger partial charge is 0.436 e. The number of aromatic nitrogens is 2. The first-order valence-electron chi connectivity index (χ1n) is 12.4. The van der Waals surface area contributed by atoms with Gasteiger partial charge in [-0.15, -0.1) is 0 Å². The molecule has 2 atom stereocenters. The highest BCUT2D eigenvalue weighted by atomic mass is 19.4. The average Bonchev–Trinajstić information content (AvgIpc) is 2.93. The molecule has 0 saturated heterocycles. The van der Waals surface area contributed by atoms with E-state index in [-0.39, 0.29) is 24.6 Å². The Labute approximate surface area is 222 Å². The van der Waals surface area contributed by atoms with E-state index in [0.717, 1.165) is 0 Å². The predicted octanol–water partition coefficient (Wildman–Crippen LogP) is 3.97.